The van der Waals surface area contributed by atoms with Gasteiger partial charge in [0.25, 0.3) is 0 Å². The number of hydrogen-bond donors (Lipinski definition) is 3. The second kappa shape index (κ2) is 5.39. The van der Waals surface area contributed by atoms with Crippen LogP contribution < -0.4 is 21.5 Å². The van der Waals surface area contributed by atoms with Gasteiger partial charge in [-0.25, -0.2) is 9.79 Å². The molecule has 2 amide bonds. The molecule has 0 atom stereocenters. The second-order valence-corrected chi connectivity index (χ2v) is 4.23. The van der Waals surface area contributed by atoms with Gasteiger partial charge in [0, 0.05) is 0 Å². The summed E-state index contributed by atoms with van der Waals surface area (Å²) in [6, 6.07) is 6.42. The largest absolute Gasteiger partial charge is 0.493 e. The van der Waals surface area contributed by atoms with Crippen molar-refractivity contribution in [3.05, 3.63) is 24.3 Å². The van der Waals surface area contributed by atoms with E-state index < -0.39 is 6.03 Å². The van der Waals surface area contributed by atoms with Crippen LogP contribution in [0.2, 0.25) is 0 Å². The maximum absolute atomic E-state index is 10.5. The van der Waals surface area contributed by atoms with Crippen molar-refractivity contribution in [1.29, 1.82) is 0 Å². The molecule has 1 saturated carbocycles. The topological polar surface area (TPSA) is 103 Å². The zero-order valence-electron chi connectivity index (χ0n) is 9.93. The Kier molecular flexibility index (Phi) is 3.66. The zero-order valence-corrected chi connectivity index (χ0v) is 9.93. The maximum atomic E-state index is 10.5. The van der Waals surface area contributed by atoms with Crippen LogP contribution in [0.5, 0.6) is 5.75 Å². The van der Waals surface area contributed by atoms with Gasteiger partial charge in [0.1, 0.15) is 5.75 Å². The minimum Gasteiger partial charge on any atom is -0.493 e. The monoisotopic (exact) mass is 248 g/mol. The SMILES string of the molecule is NC(=O)NC(N)=Nc1ccc(OCC2CC2)cc1. The number of primary amides is 1. The summed E-state index contributed by atoms with van der Waals surface area (Å²) < 4.78 is 5.58. The molecule has 5 N–H and O–H groups in total. The number of ether oxygens (including phenoxy) is 1. The lowest BCUT2D eigenvalue weighted by Gasteiger charge is -2.05. The van der Waals surface area contributed by atoms with Crippen molar-refractivity contribution < 1.29 is 9.53 Å². The van der Waals surface area contributed by atoms with Crippen LogP contribution in [0.15, 0.2) is 29.3 Å². The summed E-state index contributed by atoms with van der Waals surface area (Å²) in [5.41, 5.74) is 11.0. The zero-order chi connectivity index (χ0) is 13.0. The Hall–Kier alpha value is -2.24. The molecule has 1 aliphatic rings. The van der Waals surface area contributed by atoms with E-state index in [1.807, 2.05) is 12.1 Å². The number of amides is 2. The molecule has 1 aliphatic carbocycles. The van der Waals surface area contributed by atoms with E-state index in [0.29, 0.717) is 5.69 Å². The Morgan fingerprint density at radius 3 is 2.56 bits per heavy atom. The number of hydrogen-bond acceptors (Lipinski definition) is 3. The van der Waals surface area contributed by atoms with Crippen LogP contribution in [0.1, 0.15) is 12.8 Å². The van der Waals surface area contributed by atoms with Gasteiger partial charge in [-0.15, -0.1) is 0 Å². The minimum absolute atomic E-state index is 0.0332. The fourth-order valence-electron chi connectivity index (χ4n) is 1.41. The van der Waals surface area contributed by atoms with E-state index in [0.717, 1.165) is 18.3 Å². The highest BCUT2D eigenvalue weighted by molar-refractivity contribution is 5.95. The van der Waals surface area contributed by atoms with Crippen LogP contribution in [0.3, 0.4) is 0 Å². The molecule has 96 valence electrons. The number of aliphatic imine (C=N–C) groups is 1. The summed E-state index contributed by atoms with van der Waals surface area (Å²) in [4.78, 5) is 14.5. The molecular formula is C12H16N4O2. The lowest BCUT2D eigenvalue weighted by atomic mass is 10.3. The maximum Gasteiger partial charge on any atom is 0.318 e. The van der Waals surface area contributed by atoms with Crippen LogP contribution in [0.4, 0.5) is 10.5 Å². The van der Waals surface area contributed by atoms with E-state index in [4.69, 9.17) is 16.2 Å². The fraction of sp³-hybridized carbons (Fsp3) is 0.333. The van der Waals surface area contributed by atoms with E-state index in [-0.39, 0.29) is 5.96 Å². The Labute approximate surface area is 105 Å². The highest BCUT2D eigenvalue weighted by Gasteiger charge is 2.21. The third-order valence-corrected chi connectivity index (χ3v) is 2.52. The van der Waals surface area contributed by atoms with Gasteiger partial charge >= 0.3 is 6.03 Å². The third kappa shape index (κ3) is 3.97. The highest BCUT2D eigenvalue weighted by atomic mass is 16.5. The molecule has 6 heteroatoms. The van der Waals surface area contributed by atoms with E-state index in [1.165, 1.54) is 12.8 Å². The van der Waals surface area contributed by atoms with Gasteiger partial charge in [-0.3, -0.25) is 5.32 Å². The lowest BCUT2D eigenvalue weighted by molar-refractivity contribution is 0.253. The predicted molar refractivity (Wildman–Crippen MR) is 68.7 cm³/mol. The van der Waals surface area contributed by atoms with Crippen molar-refractivity contribution in [2.24, 2.45) is 22.4 Å². The number of carbonyl (C=O) groups excluding carboxylic acids is 1. The first-order chi connectivity index (χ1) is 8.63. The number of nitrogens with two attached hydrogens (primary N) is 2. The molecule has 0 aromatic heterocycles. The highest BCUT2D eigenvalue weighted by Crippen LogP contribution is 2.29. The average Bonchev–Trinajstić information content (AvgIpc) is 3.11. The molecule has 0 aliphatic heterocycles. The predicted octanol–water partition coefficient (Wildman–Crippen LogP) is 1.09. The number of urea groups is 1. The Bertz CT molecular complexity index is 452. The van der Waals surface area contributed by atoms with Crippen molar-refractivity contribution in [3.8, 4) is 5.75 Å². The van der Waals surface area contributed by atoms with Crippen LogP contribution in [-0.2, 0) is 0 Å². The molecule has 0 radical (unpaired) electrons. The van der Waals surface area contributed by atoms with Gasteiger partial charge in [-0.05, 0) is 43.0 Å². The molecule has 6 nitrogen and oxygen atoms in total. The fourth-order valence-corrected chi connectivity index (χ4v) is 1.41. The number of rotatable bonds is 4. The smallest absolute Gasteiger partial charge is 0.318 e. The van der Waals surface area contributed by atoms with Gasteiger partial charge in [0.15, 0.2) is 0 Å². The number of carbonyl (C=O) groups is 1. The molecule has 0 bridgehead atoms. The normalized spacial score (nSPS) is 15.2. The first kappa shape index (κ1) is 12.2. The van der Waals surface area contributed by atoms with Crippen molar-refractivity contribution in [2.45, 2.75) is 12.8 Å². The van der Waals surface area contributed by atoms with Crippen LogP contribution >= 0.6 is 0 Å². The molecule has 1 fully saturated rings. The Morgan fingerprint density at radius 2 is 2.00 bits per heavy atom. The quantitative estimate of drug-likeness (QED) is 0.549. The van der Waals surface area contributed by atoms with Gasteiger partial charge in [0.05, 0.1) is 12.3 Å². The van der Waals surface area contributed by atoms with E-state index in [9.17, 15) is 4.79 Å². The lowest BCUT2D eigenvalue weighted by Crippen LogP contribution is -2.39. The number of benzene rings is 1. The summed E-state index contributed by atoms with van der Waals surface area (Å²) in [5, 5.41) is 2.19. The summed E-state index contributed by atoms with van der Waals surface area (Å²) in [6.07, 6.45) is 2.52. The Balaban J connectivity index is 1.91. The molecule has 18 heavy (non-hydrogen) atoms. The molecule has 0 spiro atoms. The minimum atomic E-state index is -0.736. The molecule has 1 aromatic rings. The summed E-state index contributed by atoms with van der Waals surface area (Å²) >= 11 is 0. The van der Waals surface area contributed by atoms with Crippen LogP contribution in [0, 0.1) is 5.92 Å². The van der Waals surface area contributed by atoms with Gasteiger partial charge in [0.2, 0.25) is 5.96 Å². The van der Waals surface area contributed by atoms with Crippen molar-refractivity contribution in [2.75, 3.05) is 6.61 Å². The van der Waals surface area contributed by atoms with Gasteiger partial charge in [-0.1, -0.05) is 0 Å². The number of nitrogens with one attached hydrogen (secondary N) is 1. The van der Waals surface area contributed by atoms with Gasteiger partial charge in [-0.2, -0.15) is 0 Å². The van der Waals surface area contributed by atoms with Crippen molar-refractivity contribution in [1.82, 2.24) is 5.32 Å². The summed E-state index contributed by atoms with van der Waals surface area (Å²) in [7, 11) is 0. The number of guanidine groups is 1. The van der Waals surface area contributed by atoms with E-state index in [2.05, 4.69) is 10.3 Å². The van der Waals surface area contributed by atoms with Gasteiger partial charge < -0.3 is 16.2 Å². The second-order valence-electron chi connectivity index (χ2n) is 4.23. The molecule has 0 saturated heterocycles. The van der Waals surface area contributed by atoms with E-state index in [1.54, 1.807) is 12.1 Å². The molecule has 0 unspecified atom stereocenters. The van der Waals surface area contributed by atoms with E-state index >= 15 is 0 Å². The Morgan fingerprint density at radius 1 is 1.33 bits per heavy atom. The van der Waals surface area contributed by atoms with Crippen LogP contribution in [0.25, 0.3) is 0 Å². The first-order valence-corrected chi connectivity index (χ1v) is 5.77. The van der Waals surface area contributed by atoms with Crippen molar-refractivity contribution in [3.63, 3.8) is 0 Å². The molecule has 1 aromatic carbocycles. The molecule has 0 heterocycles. The summed E-state index contributed by atoms with van der Waals surface area (Å²) in [5.74, 6) is 1.49. The molecular weight excluding hydrogens is 232 g/mol. The average molecular weight is 248 g/mol. The summed E-state index contributed by atoms with van der Waals surface area (Å²) in [6.45, 7) is 0.772. The number of nitrogens with zero attached hydrogens (tertiary/aromatic N) is 1. The van der Waals surface area contributed by atoms with Crippen molar-refractivity contribution >= 4 is 17.7 Å². The van der Waals surface area contributed by atoms with Crippen LogP contribution in [-0.4, -0.2) is 18.6 Å². The standard InChI is InChI=1S/C12H16N4O2/c13-11(16-12(14)17)15-9-3-5-10(6-4-9)18-7-8-1-2-8/h3-6,8H,1-2,7H2,(H5,13,14,15,16,17). The first-order valence-electron chi connectivity index (χ1n) is 5.77. The molecule has 2 rings (SSSR count). The third-order valence-electron chi connectivity index (χ3n) is 2.52.